The van der Waals surface area contributed by atoms with Crippen molar-refractivity contribution >= 4 is 0 Å². The van der Waals surface area contributed by atoms with Crippen molar-refractivity contribution in [3.8, 4) is 11.5 Å². The van der Waals surface area contributed by atoms with E-state index in [0.29, 0.717) is 12.0 Å². The first-order valence-electron chi connectivity index (χ1n) is 13.0. The SMILES string of the molecule is COc1ccc(CCNC2CCN(CCCC(c3ccccc3)c3ccccc3)CC2)cc1OC. The third kappa shape index (κ3) is 7.33. The molecule has 1 heterocycles. The van der Waals surface area contributed by atoms with Crippen LogP contribution in [-0.2, 0) is 6.42 Å². The van der Waals surface area contributed by atoms with Crippen molar-refractivity contribution in [1.29, 1.82) is 0 Å². The van der Waals surface area contributed by atoms with Crippen LogP contribution >= 0.6 is 0 Å². The van der Waals surface area contributed by atoms with E-state index in [-0.39, 0.29) is 0 Å². The van der Waals surface area contributed by atoms with E-state index in [2.05, 4.69) is 83.0 Å². The molecule has 1 N–H and O–H groups in total. The highest BCUT2D eigenvalue weighted by molar-refractivity contribution is 5.43. The molecule has 0 radical (unpaired) electrons. The highest BCUT2D eigenvalue weighted by atomic mass is 16.5. The van der Waals surface area contributed by atoms with Gasteiger partial charge in [-0.05, 0) is 87.1 Å². The molecular formula is C31H40N2O2. The van der Waals surface area contributed by atoms with E-state index in [0.717, 1.165) is 24.5 Å². The highest BCUT2D eigenvalue weighted by Gasteiger charge is 2.20. The van der Waals surface area contributed by atoms with Crippen LogP contribution in [0.5, 0.6) is 11.5 Å². The molecule has 4 heteroatoms. The van der Waals surface area contributed by atoms with Crippen LogP contribution in [-0.4, -0.2) is 51.3 Å². The number of piperidine rings is 1. The maximum Gasteiger partial charge on any atom is 0.160 e. The number of methoxy groups -OCH3 is 2. The van der Waals surface area contributed by atoms with Gasteiger partial charge in [-0.3, -0.25) is 0 Å². The van der Waals surface area contributed by atoms with E-state index in [1.54, 1.807) is 14.2 Å². The van der Waals surface area contributed by atoms with Crippen molar-refractivity contribution in [2.24, 2.45) is 0 Å². The van der Waals surface area contributed by atoms with E-state index in [9.17, 15) is 0 Å². The van der Waals surface area contributed by atoms with E-state index in [1.807, 2.05) is 6.07 Å². The molecule has 1 fully saturated rings. The molecule has 4 rings (SSSR count). The summed E-state index contributed by atoms with van der Waals surface area (Å²) < 4.78 is 10.8. The first kappa shape index (κ1) is 25.3. The van der Waals surface area contributed by atoms with Gasteiger partial charge in [0.05, 0.1) is 14.2 Å². The molecule has 0 aliphatic carbocycles. The molecule has 3 aromatic rings. The zero-order valence-corrected chi connectivity index (χ0v) is 21.3. The first-order valence-corrected chi connectivity index (χ1v) is 13.0. The summed E-state index contributed by atoms with van der Waals surface area (Å²) in [5.41, 5.74) is 4.13. The average Bonchev–Trinajstić information content (AvgIpc) is 2.93. The second-order valence-electron chi connectivity index (χ2n) is 9.53. The maximum atomic E-state index is 5.43. The van der Waals surface area contributed by atoms with Gasteiger partial charge in [-0.2, -0.15) is 0 Å². The van der Waals surface area contributed by atoms with Crippen LogP contribution < -0.4 is 14.8 Å². The summed E-state index contributed by atoms with van der Waals surface area (Å²) in [6.07, 6.45) is 5.88. The Balaban J connectivity index is 1.18. The summed E-state index contributed by atoms with van der Waals surface area (Å²) >= 11 is 0. The minimum absolute atomic E-state index is 0.480. The van der Waals surface area contributed by atoms with Crippen LogP contribution in [0.3, 0.4) is 0 Å². The monoisotopic (exact) mass is 472 g/mol. The van der Waals surface area contributed by atoms with Crippen LogP contribution in [0.4, 0.5) is 0 Å². The molecule has 0 atom stereocenters. The lowest BCUT2D eigenvalue weighted by Gasteiger charge is -2.33. The molecule has 1 aliphatic rings. The predicted molar refractivity (Wildman–Crippen MR) is 145 cm³/mol. The van der Waals surface area contributed by atoms with Crippen molar-refractivity contribution in [2.75, 3.05) is 40.4 Å². The van der Waals surface area contributed by atoms with E-state index in [1.165, 1.54) is 62.0 Å². The largest absolute Gasteiger partial charge is 0.493 e. The fraction of sp³-hybridized carbons (Fsp3) is 0.419. The minimum atomic E-state index is 0.480. The molecule has 0 aromatic heterocycles. The second kappa shape index (κ2) is 13.3. The van der Waals surface area contributed by atoms with Gasteiger partial charge in [-0.15, -0.1) is 0 Å². The highest BCUT2D eigenvalue weighted by Crippen LogP contribution is 2.30. The Hall–Kier alpha value is -2.82. The molecule has 0 amide bonds. The number of rotatable bonds is 12. The lowest BCUT2D eigenvalue weighted by Crippen LogP contribution is -2.43. The quantitative estimate of drug-likeness (QED) is 0.355. The average molecular weight is 473 g/mol. The molecule has 0 unspecified atom stereocenters. The summed E-state index contributed by atoms with van der Waals surface area (Å²) in [7, 11) is 3.37. The van der Waals surface area contributed by atoms with Gasteiger partial charge in [-0.1, -0.05) is 66.7 Å². The molecule has 0 spiro atoms. The van der Waals surface area contributed by atoms with Crippen LogP contribution in [0, 0.1) is 0 Å². The number of nitrogens with one attached hydrogen (secondary N) is 1. The molecule has 35 heavy (non-hydrogen) atoms. The smallest absolute Gasteiger partial charge is 0.160 e. The molecule has 1 saturated heterocycles. The Morgan fingerprint density at radius 2 is 1.46 bits per heavy atom. The molecule has 4 nitrogen and oxygen atoms in total. The lowest BCUT2D eigenvalue weighted by atomic mass is 9.87. The zero-order valence-electron chi connectivity index (χ0n) is 21.3. The zero-order chi connectivity index (χ0) is 24.3. The van der Waals surface area contributed by atoms with E-state index >= 15 is 0 Å². The Morgan fingerprint density at radius 1 is 0.829 bits per heavy atom. The van der Waals surface area contributed by atoms with Crippen molar-refractivity contribution in [3.05, 3.63) is 95.6 Å². The number of nitrogens with zero attached hydrogens (tertiary/aromatic N) is 1. The summed E-state index contributed by atoms with van der Waals surface area (Å²) in [4.78, 5) is 2.65. The van der Waals surface area contributed by atoms with Crippen LogP contribution in [0.2, 0.25) is 0 Å². The van der Waals surface area contributed by atoms with Gasteiger partial charge in [0, 0.05) is 12.0 Å². The molecule has 0 bridgehead atoms. The second-order valence-corrected chi connectivity index (χ2v) is 9.53. The topological polar surface area (TPSA) is 33.7 Å². The summed E-state index contributed by atoms with van der Waals surface area (Å²) in [6.45, 7) is 4.56. The van der Waals surface area contributed by atoms with Gasteiger partial charge in [0.1, 0.15) is 0 Å². The van der Waals surface area contributed by atoms with Crippen LogP contribution in [0.15, 0.2) is 78.9 Å². The van der Waals surface area contributed by atoms with Crippen LogP contribution in [0.25, 0.3) is 0 Å². The number of ether oxygens (including phenoxy) is 2. The van der Waals surface area contributed by atoms with Gasteiger partial charge in [0.25, 0.3) is 0 Å². The third-order valence-corrected chi connectivity index (χ3v) is 7.25. The fourth-order valence-corrected chi connectivity index (χ4v) is 5.23. The predicted octanol–water partition coefficient (Wildman–Crippen LogP) is 5.91. The van der Waals surface area contributed by atoms with Crippen molar-refractivity contribution < 1.29 is 9.47 Å². The number of hydrogen-bond donors (Lipinski definition) is 1. The Labute approximate surface area is 211 Å². The van der Waals surface area contributed by atoms with Gasteiger partial charge in [-0.25, -0.2) is 0 Å². The molecule has 0 saturated carbocycles. The Kier molecular flexibility index (Phi) is 9.62. The lowest BCUT2D eigenvalue weighted by molar-refractivity contribution is 0.194. The number of hydrogen-bond acceptors (Lipinski definition) is 4. The molecular weight excluding hydrogens is 432 g/mol. The van der Waals surface area contributed by atoms with Gasteiger partial charge >= 0.3 is 0 Å². The standard InChI is InChI=1S/C31H40N2O2/c1-34-30-16-15-25(24-31(30)35-2)17-20-32-28-18-22-33(23-19-28)21-9-14-29(26-10-5-3-6-11-26)27-12-7-4-8-13-27/h3-8,10-13,15-16,24,28-29,32H,9,14,17-23H2,1-2H3. The van der Waals surface area contributed by atoms with Crippen molar-refractivity contribution in [1.82, 2.24) is 10.2 Å². The van der Waals surface area contributed by atoms with Gasteiger partial charge in [0.2, 0.25) is 0 Å². The summed E-state index contributed by atoms with van der Waals surface area (Å²) in [5, 5.41) is 3.78. The Morgan fingerprint density at radius 3 is 2.06 bits per heavy atom. The molecule has 3 aromatic carbocycles. The summed E-state index contributed by atoms with van der Waals surface area (Å²) in [6, 6.07) is 28.8. The van der Waals surface area contributed by atoms with E-state index < -0.39 is 0 Å². The molecule has 1 aliphatic heterocycles. The normalized spacial score (nSPS) is 14.8. The van der Waals surface area contributed by atoms with Crippen LogP contribution in [0.1, 0.15) is 48.3 Å². The van der Waals surface area contributed by atoms with E-state index in [4.69, 9.17) is 9.47 Å². The molecule has 186 valence electrons. The first-order chi connectivity index (χ1) is 17.3. The summed E-state index contributed by atoms with van der Waals surface area (Å²) in [5.74, 6) is 2.07. The maximum absolute atomic E-state index is 5.43. The minimum Gasteiger partial charge on any atom is -0.493 e. The number of benzene rings is 3. The van der Waals surface area contributed by atoms with Crippen molar-refractivity contribution in [2.45, 2.75) is 44.1 Å². The third-order valence-electron chi connectivity index (χ3n) is 7.25. The Bertz CT molecular complexity index is 962. The van der Waals surface area contributed by atoms with Crippen molar-refractivity contribution in [3.63, 3.8) is 0 Å². The van der Waals surface area contributed by atoms with Gasteiger partial charge < -0.3 is 19.7 Å². The van der Waals surface area contributed by atoms with Gasteiger partial charge in [0.15, 0.2) is 11.5 Å². The fourth-order valence-electron chi connectivity index (χ4n) is 5.23. The number of likely N-dealkylation sites (tertiary alicyclic amines) is 1.